The Hall–Kier alpha value is -1.70. The van der Waals surface area contributed by atoms with Crippen molar-refractivity contribution >= 4 is 16.7 Å². The van der Waals surface area contributed by atoms with E-state index in [1.807, 2.05) is 30.3 Å². The summed E-state index contributed by atoms with van der Waals surface area (Å²) in [7, 11) is 0. The lowest BCUT2D eigenvalue weighted by Crippen LogP contribution is -2.03. The van der Waals surface area contributed by atoms with Crippen LogP contribution < -0.4 is 0 Å². The zero-order valence-corrected chi connectivity index (χ0v) is 9.18. The van der Waals surface area contributed by atoms with Crippen LogP contribution in [-0.4, -0.2) is 10.8 Å². The van der Waals surface area contributed by atoms with E-state index in [0.717, 1.165) is 22.9 Å². The van der Waals surface area contributed by atoms with Gasteiger partial charge in [-0.15, -0.1) is 0 Å². The molecule has 3 rings (SSSR count). The molecule has 1 aromatic heterocycles. The minimum Gasteiger partial charge on any atom is -0.294 e. The second-order valence-corrected chi connectivity index (χ2v) is 4.56. The Kier molecular flexibility index (Phi) is 2.03. The molecule has 0 bridgehead atoms. The van der Waals surface area contributed by atoms with E-state index >= 15 is 0 Å². The lowest BCUT2D eigenvalue weighted by atomic mass is 10.0. The molecule has 2 aromatic rings. The number of benzene rings is 1. The third kappa shape index (κ3) is 1.42. The number of Topliss-reactive ketones (excluding diaryl/α,β-unsaturated/α-hetero) is 1. The van der Waals surface area contributed by atoms with Crippen LogP contribution in [0.25, 0.3) is 10.9 Å². The van der Waals surface area contributed by atoms with E-state index in [9.17, 15) is 4.79 Å². The Bertz CT molecular complexity index is 556. The monoisotopic (exact) mass is 211 g/mol. The number of rotatable bonds is 2. The summed E-state index contributed by atoms with van der Waals surface area (Å²) in [5.41, 5.74) is 1.74. The van der Waals surface area contributed by atoms with Crippen LogP contribution in [0.5, 0.6) is 0 Å². The third-order valence-electron chi connectivity index (χ3n) is 3.36. The summed E-state index contributed by atoms with van der Waals surface area (Å²) >= 11 is 0. The molecule has 1 heterocycles. The first-order chi connectivity index (χ1) is 7.77. The Morgan fingerprint density at radius 3 is 2.88 bits per heavy atom. The van der Waals surface area contributed by atoms with Crippen molar-refractivity contribution in [3.05, 3.63) is 42.1 Å². The van der Waals surface area contributed by atoms with Crippen molar-refractivity contribution in [2.24, 2.45) is 11.8 Å². The van der Waals surface area contributed by atoms with Crippen molar-refractivity contribution in [3.63, 3.8) is 0 Å². The largest absolute Gasteiger partial charge is 0.294 e. The van der Waals surface area contributed by atoms with Gasteiger partial charge in [-0.05, 0) is 24.5 Å². The van der Waals surface area contributed by atoms with Crippen molar-refractivity contribution in [1.29, 1.82) is 0 Å². The second kappa shape index (κ2) is 3.41. The average Bonchev–Trinajstić information content (AvgIpc) is 3.05. The maximum atomic E-state index is 12.2. The lowest BCUT2D eigenvalue weighted by molar-refractivity contribution is 0.0964. The smallest absolute Gasteiger partial charge is 0.166 e. The summed E-state index contributed by atoms with van der Waals surface area (Å²) in [5, 5.41) is 0.981. The number of fused-ring (bicyclic) bond motifs is 1. The highest BCUT2D eigenvalue weighted by molar-refractivity contribution is 6.09. The topological polar surface area (TPSA) is 30.0 Å². The average molecular weight is 211 g/mol. The van der Waals surface area contributed by atoms with Crippen LogP contribution in [0.1, 0.15) is 23.7 Å². The molecule has 0 saturated heterocycles. The molecule has 2 unspecified atom stereocenters. The van der Waals surface area contributed by atoms with Crippen molar-refractivity contribution in [1.82, 2.24) is 4.98 Å². The van der Waals surface area contributed by atoms with Gasteiger partial charge in [0.25, 0.3) is 0 Å². The second-order valence-electron chi connectivity index (χ2n) is 4.56. The standard InChI is InChI=1S/C14H13NO/c1-9-8-12(9)14(16)11-4-2-6-13-10(11)5-3-7-15-13/h2-7,9,12H,8H2,1H3. The lowest BCUT2D eigenvalue weighted by Gasteiger charge is -2.04. The summed E-state index contributed by atoms with van der Waals surface area (Å²) in [6.07, 6.45) is 2.80. The third-order valence-corrected chi connectivity index (χ3v) is 3.36. The van der Waals surface area contributed by atoms with Gasteiger partial charge in [-0.25, -0.2) is 0 Å². The van der Waals surface area contributed by atoms with Gasteiger partial charge in [-0.2, -0.15) is 0 Å². The molecule has 0 N–H and O–H groups in total. The number of aromatic nitrogens is 1. The van der Waals surface area contributed by atoms with E-state index in [-0.39, 0.29) is 11.7 Å². The molecule has 2 nitrogen and oxygen atoms in total. The molecule has 2 heteroatoms. The van der Waals surface area contributed by atoms with Crippen molar-refractivity contribution in [3.8, 4) is 0 Å². The van der Waals surface area contributed by atoms with Crippen LogP contribution >= 0.6 is 0 Å². The Morgan fingerprint density at radius 1 is 1.31 bits per heavy atom. The SMILES string of the molecule is CC1CC1C(=O)c1cccc2ncccc12. The Labute approximate surface area is 94.3 Å². The minimum absolute atomic E-state index is 0.241. The molecule has 0 radical (unpaired) electrons. The number of ketones is 1. The van der Waals surface area contributed by atoms with Crippen LogP contribution in [0.3, 0.4) is 0 Å². The number of carbonyl (C=O) groups excluding carboxylic acids is 1. The van der Waals surface area contributed by atoms with Crippen LogP contribution in [0, 0.1) is 11.8 Å². The molecule has 0 amide bonds. The Morgan fingerprint density at radius 2 is 2.12 bits per heavy atom. The van der Waals surface area contributed by atoms with E-state index in [1.54, 1.807) is 6.20 Å². The van der Waals surface area contributed by atoms with Crippen LogP contribution in [-0.2, 0) is 0 Å². The highest BCUT2D eigenvalue weighted by atomic mass is 16.1. The molecule has 0 spiro atoms. The number of carbonyl (C=O) groups is 1. The maximum absolute atomic E-state index is 12.2. The number of hydrogen-bond acceptors (Lipinski definition) is 2. The fourth-order valence-electron chi connectivity index (χ4n) is 2.21. The molecular weight excluding hydrogens is 198 g/mol. The van der Waals surface area contributed by atoms with Crippen molar-refractivity contribution in [2.45, 2.75) is 13.3 Å². The van der Waals surface area contributed by atoms with Gasteiger partial charge in [0.1, 0.15) is 0 Å². The highest BCUT2D eigenvalue weighted by Gasteiger charge is 2.39. The summed E-state index contributed by atoms with van der Waals surface area (Å²) in [6, 6.07) is 9.63. The zero-order valence-electron chi connectivity index (χ0n) is 9.18. The zero-order chi connectivity index (χ0) is 11.1. The molecule has 2 atom stereocenters. The molecule has 16 heavy (non-hydrogen) atoms. The maximum Gasteiger partial charge on any atom is 0.166 e. The van der Waals surface area contributed by atoms with Crippen molar-refractivity contribution in [2.75, 3.05) is 0 Å². The van der Waals surface area contributed by atoms with Gasteiger partial charge in [-0.1, -0.05) is 25.1 Å². The fourth-order valence-corrected chi connectivity index (χ4v) is 2.21. The van der Waals surface area contributed by atoms with Gasteiger partial charge in [-0.3, -0.25) is 9.78 Å². The van der Waals surface area contributed by atoms with E-state index in [0.29, 0.717) is 5.92 Å². The number of nitrogens with zero attached hydrogens (tertiary/aromatic N) is 1. The quantitative estimate of drug-likeness (QED) is 0.714. The fraction of sp³-hybridized carbons (Fsp3) is 0.286. The van der Waals surface area contributed by atoms with E-state index in [1.165, 1.54) is 0 Å². The summed E-state index contributed by atoms with van der Waals surface area (Å²) in [5.74, 6) is 1.08. The van der Waals surface area contributed by atoms with E-state index in [4.69, 9.17) is 0 Å². The summed E-state index contributed by atoms with van der Waals surface area (Å²) in [4.78, 5) is 16.5. The molecule has 1 aromatic carbocycles. The van der Waals surface area contributed by atoms with Gasteiger partial charge in [0, 0.05) is 23.1 Å². The predicted molar refractivity (Wildman–Crippen MR) is 63.3 cm³/mol. The first-order valence-corrected chi connectivity index (χ1v) is 5.65. The molecular formula is C14H13NO. The van der Waals surface area contributed by atoms with Gasteiger partial charge in [0.15, 0.2) is 5.78 Å². The molecule has 1 aliphatic carbocycles. The van der Waals surface area contributed by atoms with Gasteiger partial charge >= 0.3 is 0 Å². The van der Waals surface area contributed by atoms with Crippen molar-refractivity contribution < 1.29 is 4.79 Å². The first-order valence-electron chi connectivity index (χ1n) is 5.65. The number of hydrogen-bond donors (Lipinski definition) is 0. The molecule has 0 aliphatic heterocycles. The van der Waals surface area contributed by atoms with Crippen LogP contribution in [0.2, 0.25) is 0 Å². The van der Waals surface area contributed by atoms with Gasteiger partial charge in [0.05, 0.1) is 5.52 Å². The predicted octanol–water partition coefficient (Wildman–Crippen LogP) is 3.07. The molecule has 1 fully saturated rings. The Balaban J connectivity index is 2.13. The van der Waals surface area contributed by atoms with Gasteiger partial charge < -0.3 is 0 Å². The molecule has 1 saturated carbocycles. The first kappa shape index (κ1) is 9.52. The minimum atomic E-state index is 0.241. The number of pyridine rings is 1. The van der Waals surface area contributed by atoms with Crippen LogP contribution in [0.15, 0.2) is 36.5 Å². The molecule has 1 aliphatic rings. The molecule has 80 valence electrons. The summed E-state index contributed by atoms with van der Waals surface area (Å²) < 4.78 is 0. The van der Waals surface area contributed by atoms with E-state index in [2.05, 4.69) is 11.9 Å². The van der Waals surface area contributed by atoms with E-state index < -0.39 is 0 Å². The normalized spacial score (nSPS) is 23.3. The van der Waals surface area contributed by atoms with Gasteiger partial charge in [0.2, 0.25) is 0 Å². The highest BCUT2D eigenvalue weighted by Crippen LogP contribution is 2.41. The van der Waals surface area contributed by atoms with Crippen LogP contribution in [0.4, 0.5) is 0 Å². The summed E-state index contributed by atoms with van der Waals surface area (Å²) in [6.45, 7) is 2.13.